The molecule has 0 fully saturated rings. The molecule has 2 heterocycles. The van der Waals surface area contributed by atoms with Crippen LogP contribution in [0.15, 0.2) is 176 Å². The first-order valence-electron chi connectivity index (χ1n) is 17.3. The summed E-state index contributed by atoms with van der Waals surface area (Å²) in [6, 6.07) is 55.4. The van der Waals surface area contributed by atoms with Gasteiger partial charge < -0.3 is 4.74 Å². The highest BCUT2D eigenvalue weighted by atomic mass is 16.5. The molecule has 0 saturated heterocycles. The van der Waals surface area contributed by atoms with Crippen molar-refractivity contribution >= 4 is 27.1 Å². The Bertz CT molecular complexity index is 2670. The summed E-state index contributed by atoms with van der Waals surface area (Å²) in [7, 11) is 0. The minimum Gasteiger partial charge on any atom is -0.485 e. The molecule has 0 bridgehead atoms. The number of allylic oxidation sites excluding steroid dienone is 2. The summed E-state index contributed by atoms with van der Waals surface area (Å²) in [5.41, 5.74) is 8.73. The van der Waals surface area contributed by atoms with E-state index in [0.717, 1.165) is 39.1 Å². The molecule has 2 atom stereocenters. The topological polar surface area (TPSA) is 47.9 Å². The largest absolute Gasteiger partial charge is 0.485 e. The zero-order chi connectivity index (χ0) is 33.7. The number of nitrogens with zero attached hydrogens (tertiary/aromatic N) is 3. The van der Waals surface area contributed by atoms with Gasteiger partial charge in [0, 0.05) is 22.3 Å². The van der Waals surface area contributed by atoms with Gasteiger partial charge in [0.1, 0.15) is 11.9 Å². The highest BCUT2D eigenvalue weighted by Gasteiger charge is 2.39. The van der Waals surface area contributed by atoms with Crippen molar-refractivity contribution in [1.29, 1.82) is 0 Å². The van der Waals surface area contributed by atoms with Gasteiger partial charge in [0.25, 0.3) is 0 Å². The van der Waals surface area contributed by atoms with Gasteiger partial charge in [0.15, 0.2) is 17.5 Å². The summed E-state index contributed by atoms with van der Waals surface area (Å²) in [6.45, 7) is 0. The second-order valence-electron chi connectivity index (χ2n) is 13.2. The molecule has 0 saturated carbocycles. The summed E-state index contributed by atoms with van der Waals surface area (Å²) in [4.78, 5) is 15.3. The number of hydrogen-bond acceptors (Lipinski definition) is 4. The first kappa shape index (κ1) is 29.3. The Morgan fingerprint density at radius 2 is 1.08 bits per heavy atom. The summed E-state index contributed by atoms with van der Waals surface area (Å²) in [5.74, 6) is 2.78. The fraction of sp³-hybridized carbons (Fsp3) is 0.0426. The lowest BCUT2D eigenvalue weighted by Crippen LogP contribution is -2.20. The predicted octanol–water partition coefficient (Wildman–Crippen LogP) is 11.3. The van der Waals surface area contributed by atoms with Crippen molar-refractivity contribution in [3.05, 3.63) is 187 Å². The Balaban J connectivity index is 1.06. The van der Waals surface area contributed by atoms with Gasteiger partial charge in [0.05, 0.1) is 5.92 Å². The zero-order valence-electron chi connectivity index (χ0n) is 27.6. The van der Waals surface area contributed by atoms with Gasteiger partial charge in [0.2, 0.25) is 0 Å². The number of benzene rings is 7. The van der Waals surface area contributed by atoms with Crippen molar-refractivity contribution < 1.29 is 4.74 Å². The van der Waals surface area contributed by atoms with Crippen LogP contribution >= 0.6 is 0 Å². The summed E-state index contributed by atoms with van der Waals surface area (Å²) in [5, 5.41) is 4.92. The van der Waals surface area contributed by atoms with Crippen LogP contribution in [-0.2, 0) is 0 Å². The summed E-state index contributed by atoms with van der Waals surface area (Å²) in [6.07, 6.45) is 6.19. The molecule has 0 amide bonds. The molecular weight excluding hydrogens is 623 g/mol. The minimum atomic E-state index is -0.146. The van der Waals surface area contributed by atoms with E-state index in [2.05, 4.69) is 146 Å². The van der Waals surface area contributed by atoms with E-state index >= 15 is 0 Å². The number of ether oxygens (including phenoxy) is 1. The van der Waals surface area contributed by atoms with Crippen molar-refractivity contribution in [2.75, 3.05) is 0 Å². The Labute approximate surface area is 296 Å². The maximum absolute atomic E-state index is 6.54. The predicted molar refractivity (Wildman–Crippen MR) is 207 cm³/mol. The molecule has 0 N–H and O–H groups in total. The van der Waals surface area contributed by atoms with Crippen LogP contribution in [0.4, 0.5) is 0 Å². The molecule has 0 spiro atoms. The third-order valence-corrected chi connectivity index (χ3v) is 10.1. The van der Waals surface area contributed by atoms with E-state index in [4.69, 9.17) is 19.7 Å². The van der Waals surface area contributed by atoms with Gasteiger partial charge >= 0.3 is 0 Å². The molecule has 4 heteroatoms. The van der Waals surface area contributed by atoms with E-state index in [1.807, 2.05) is 30.3 Å². The van der Waals surface area contributed by atoms with Crippen LogP contribution < -0.4 is 4.74 Å². The van der Waals surface area contributed by atoms with Gasteiger partial charge in [-0.1, -0.05) is 152 Å². The number of rotatable bonds is 5. The maximum Gasteiger partial charge on any atom is 0.164 e. The number of fused-ring (bicyclic) bond motifs is 5. The van der Waals surface area contributed by atoms with Crippen LogP contribution in [-0.4, -0.2) is 21.1 Å². The normalized spacial score (nSPS) is 16.0. The van der Waals surface area contributed by atoms with Crippen molar-refractivity contribution in [3.63, 3.8) is 0 Å². The second kappa shape index (κ2) is 12.0. The van der Waals surface area contributed by atoms with Crippen LogP contribution in [0.3, 0.4) is 0 Å². The highest BCUT2D eigenvalue weighted by Crippen LogP contribution is 2.49. The molecule has 1 aromatic heterocycles. The van der Waals surface area contributed by atoms with Crippen molar-refractivity contribution in [2.24, 2.45) is 0 Å². The monoisotopic (exact) mass is 653 g/mol. The SMILES string of the molecule is C1=CC2Oc3ccc(-c4ccc5ccccc5c4)cc3C2C(c2nc(-c3ccccc3)nc(-c3ccc(-c4cccc5ccccc45)cc3)n2)=C1. The average molecular weight is 654 g/mol. The van der Waals surface area contributed by atoms with Gasteiger partial charge in [-0.3, -0.25) is 0 Å². The molecule has 10 rings (SSSR count). The van der Waals surface area contributed by atoms with Crippen molar-refractivity contribution in [3.8, 4) is 50.8 Å². The standard InChI is InChI=1S/C47H31N3O/c1-2-12-33(13-3-1)45-48-46(34-23-21-32(22-24-34)39-17-8-15-31-11-6-7-16-38(31)39)50-47(49-45)40-18-9-19-43-44(40)41-29-37(26-27-42(41)51-43)36-25-20-30-10-4-5-14-35(30)28-36/h1-29,43-44H. The fourth-order valence-corrected chi connectivity index (χ4v) is 7.55. The molecule has 7 aromatic carbocycles. The molecule has 2 aliphatic rings. The quantitative estimate of drug-likeness (QED) is 0.185. The molecule has 240 valence electrons. The van der Waals surface area contributed by atoms with Crippen LogP contribution in [0.2, 0.25) is 0 Å². The van der Waals surface area contributed by atoms with Crippen LogP contribution in [0.1, 0.15) is 17.3 Å². The maximum atomic E-state index is 6.54. The first-order chi connectivity index (χ1) is 25.2. The van der Waals surface area contributed by atoms with Crippen LogP contribution in [0, 0.1) is 0 Å². The average Bonchev–Trinajstić information content (AvgIpc) is 3.59. The van der Waals surface area contributed by atoms with E-state index < -0.39 is 0 Å². The first-order valence-corrected chi connectivity index (χ1v) is 17.3. The lowest BCUT2D eigenvalue weighted by Gasteiger charge is -2.22. The number of aromatic nitrogens is 3. The minimum absolute atomic E-state index is 0.0574. The third-order valence-electron chi connectivity index (χ3n) is 10.1. The highest BCUT2D eigenvalue weighted by molar-refractivity contribution is 5.97. The summed E-state index contributed by atoms with van der Waals surface area (Å²) >= 11 is 0. The van der Waals surface area contributed by atoms with Crippen molar-refractivity contribution in [1.82, 2.24) is 15.0 Å². The van der Waals surface area contributed by atoms with E-state index in [1.165, 1.54) is 32.7 Å². The molecule has 2 unspecified atom stereocenters. The molecular formula is C47H31N3O. The third kappa shape index (κ3) is 5.20. The molecule has 1 aliphatic carbocycles. The van der Waals surface area contributed by atoms with E-state index in [1.54, 1.807) is 0 Å². The van der Waals surface area contributed by atoms with Gasteiger partial charge in [-0.15, -0.1) is 0 Å². The van der Waals surface area contributed by atoms with E-state index in [-0.39, 0.29) is 12.0 Å². The Hall–Kier alpha value is -6.65. The molecule has 8 aromatic rings. The Morgan fingerprint density at radius 1 is 0.451 bits per heavy atom. The van der Waals surface area contributed by atoms with Crippen LogP contribution in [0.5, 0.6) is 5.75 Å². The van der Waals surface area contributed by atoms with E-state index in [9.17, 15) is 0 Å². The zero-order valence-corrected chi connectivity index (χ0v) is 27.6. The fourth-order valence-electron chi connectivity index (χ4n) is 7.55. The lowest BCUT2D eigenvalue weighted by molar-refractivity contribution is 0.271. The summed E-state index contributed by atoms with van der Waals surface area (Å²) < 4.78 is 6.54. The Kier molecular flexibility index (Phi) is 6.91. The molecule has 51 heavy (non-hydrogen) atoms. The van der Waals surface area contributed by atoms with Gasteiger partial charge in [-0.05, 0) is 68.1 Å². The number of hydrogen-bond donors (Lipinski definition) is 0. The van der Waals surface area contributed by atoms with E-state index in [0.29, 0.717) is 17.5 Å². The Morgan fingerprint density at radius 3 is 1.92 bits per heavy atom. The lowest BCUT2D eigenvalue weighted by atomic mass is 9.83. The molecule has 4 nitrogen and oxygen atoms in total. The van der Waals surface area contributed by atoms with Crippen molar-refractivity contribution in [2.45, 2.75) is 12.0 Å². The smallest absolute Gasteiger partial charge is 0.164 e. The van der Waals surface area contributed by atoms with Gasteiger partial charge in [-0.25, -0.2) is 15.0 Å². The second-order valence-corrected chi connectivity index (χ2v) is 13.2. The van der Waals surface area contributed by atoms with Crippen LogP contribution in [0.25, 0.3) is 72.1 Å². The van der Waals surface area contributed by atoms with Gasteiger partial charge in [-0.2, -0.15) is 0 Å². The molecule has 0 radical (unpaired) electrons. The molecule has 1 aliphatic heterocycles.